The lowest BCUT2D eigenvalue weighted by molar-refractivity contribution is -0.142. The molecule has 4 nitrogen and oxygen atoms in total. The van der Waals surface area contributed by atoms with Crippen molar-refractivity contribution in [1.29, 1.82) is 0 Å². The number of hydrogen-bond acceptors (Lipinski definition) is 3. The zero-order valence-corrected chi connectivity index (χ0v) is 14.8. The van der Waals surface area contributed by atoms with Crippen LogP contribution in [0.1, 0.15) is 49.7 Å². The number of piperidine rings is 1. The number of amides is 1. The first-order chi connectivity index (χ1) is 12.2. The Labute approximate surface area is 148 Å². The molecule has 1 spiro atoms. The molecule has 2 aliphatic heterocycles. The summed E-state index contributed by atoms with van der Waals surface area (Å²) in [4.78, 5) is 15.2. The van der Waals surface area contributed by atoms with Gasteiger partial charge in [0.15, 0.2) is 0 Å². The van der Waals surface area contributed by atoms with Crippen molar-refractivity contribution in [2.75, 3.05) is 13.7 Å². The van der Waals surface area contributed by atoms with Gasteiger partial charge in [-0.05, 0) is 68.2 Å². The van der Waals surface area contributed by atoms with Crippen LogP contribution in [0.5, 0.6) is 5.75 Å². The monoisotopic (exact) mass is 339 g/mol. The summed E-state index contributed by atoms with van der Waals surface area (Å²) in [7, 11) is 1.75. The van der Waals surface area contributed by atoms with Crippen LogP contribution in [0.2, 0.25) is 0 Å². The fourth-order valence-electron chi connectivity index (χ4n) is 6.40. The lowest BCUT2D eigenvalue weighted by atomic mass is 9.51. The third-order valence-electron chi connectivity index (χ3n) is 7.68. The second-order valence-corrected chi connectivity index (χ2v) is 8.67. The molecule has 0 radical (unpaired) electrons. The van der Waals surface area contributed by atoms with Crippen molar-refractivity contribution in [2.24, 2.45) is 5.92 Å². The van der Waals surface area contributed by atoms with E-state index in [-0.39, 0.29) is 17.1 Å². The molecule has 5 aliphatic rings. The van der Waals surface area contributed by atoms with E-state index in [0.29, 0.717) is 17.9 Å². The maximum atomic E-state index is 13.0. The Bertz CT molecular complexity index is 772. The Morgan fingerprint density at radius 3 is 2.96 bits per heavy atom. The van der Waals surface area contributed by atoms with Gasteiger partial charge in [-0.2, -0.15) is 0 Å². The largest absolute Gasteiger partial charge is 0.497 e. The minimum absolute atomic E-state index is 0.0863. The van der Waals surface area contributed by atoms with Crippen LogP contribution < -0.4 is 4.74 Å². The fourth-order valence-corrected chi connectivity index (χ4v) is 6.40. The van der Waals surface area contributed by atoms with Crippen molar-refractivity contribution in [1.82, 2.24) is 4.90 Å². The van der Waals surface area contributed by atoms with E-state index in [1.807, 2.05) is 0 Å². The van der Waals surface area contributed by atoms with Gasteiger partial charge in [0.05, 0.1) is 19.3 Å². The number of ether oxygens (including phenoxy) is 2. The van der Waals surface area contributed by atoms with Gasteiger partial charge in [-0.15, -0.1) is 0 Å². The number of hydrogen-bond donors (Lipinski definition) is 0. The van der Waals surface area contributed by atoms with Gasteiger partial charge in [0, 0.05) is 17.9 Å². The number of carbonyl (C=O) groups is 1. The highest BCUT2D eigenvalue weighted by Crippen LogP contribution is 2.68. The molecule has 25 heavy (non-hydrogen) atoms. The van der Waals surface area contributed by atoms with E-state index in [1.54, 1.807) is 7.11 Å². The number of benzene rings is 1. The van der Waals surface area contributed by atoms with Crippen molar-refractivity contribution in [3.8, 4) is 5.75 Å². The maximum absolute atomic E-state index is 13.0. The van der Waals surface area contributed by atoms with E-state index in [0.717, 1.165) is 44.4 Å². The zero-order chi connectivity index (χ0) is 16.8. The maximum Gasteiger partial charge on any atom is 0.226 e. The third-order valence-corrected chi connectivity index (χ3v) is 7.68. The van der Waals surface area contributed by atoms with Crippen molar-refractivity contribution >= 4 is 5.91 Å². The topological polar surface area (TPSA) is 42.1 Å². The summed E-state index contributed by atoms with van der Waals surface area (Å²) in [6.07, 6.45) is 8.06. The Kier molecular flexibility index (Phi) is 2.68. The highest BCUT2D eigenvalue weighted by Gasteiger charge is 2.78. The first kappa shape index (κ1) is 14.6. The van der Waals surface area contributed by atoms with Crippen LogP contribution >= 0.6 is 0 Å². The van der Waals surface area contributed by atoms with Crippen LogP contribution in [0.3, 0.4) is 0 Å². The van der Waals surface area contributed by atoms with Gasteiger partial charge in [0.25, 0.3) is 0 Å². The SMILES string of the molecule is COc1ccc2c(c1)[C@@]13CCCC4OC41[C@@H](C2)N(C(=O)C1CC1)CC3. The molecule has 132 valence electrons. The molecule has 2 heterocycles. The number of epoxide rings is 1. The number of likely N-dealkylation sites (tertiary alicyclic amines) is 1. The Morgan fingerprint density at radius 1 is 1.28 bits per heavy atom. The first-order valence-electron chi connectivity index (χ1n) is 9.85. The average molecular weight is 339 g/mol. The minimum Gasteiger partial charge on any atom is -0.497 e. The highest BCUT2D eigenvalue weighted by atomic mass is 16.6. The molecular weight excluding hydrogens is 314 g/mol. The third kappa shape index (κ3) is 1.65. The van der Waals surface area contributed by atoms with E-state index in [2.05, 4.69) is 23.1 Å². The summed E-state index contributed by atoms with van der Waals surface area (Å²) in [5.41, 5.74) is 2.82. The average Bonchev–Trinajstić information content (AvgIpc) is 3.53. The second kappa shape index (κ2) is 4.59. The molecule has 2 saturated carbocycles. The predicted molar refractivity (Wildman–Crippen MR) is 92.7 cm³/mol. The summed E-state index contributed by atoms with van der Waals surface area (Å²) in [5.74, 6) is 1.63. The van der Waals surface area contributed by atoms with Gasteiger partial charge in [-0.1, -0.05) is 6.07 Å². The molecule has 4 atom stereocenters. The molecule has 4 heteroatoms. The molecule has 2 saturated heterocycles. The molecule has 1 aromatic rings. The molecule has 1 aromatic carbocycles. The Balaban J connectivity index is 1.51. The number of methoxy groups -OCH3 is 1. The molecule has 4 fully saturated rings. The lowest BCUT2D eigenvalue weighted by Crippen LogP contribution is -2.68. The lowest BCUT2D eigenvalue weighted by Gasteiger charge is -2.57. The Hall–Kier alpha value is -1.55. The minimum atomic E-state index is -0.118. The molecule has 0 N–H and O–H groups in total. The van der Waals surface area contributed by atoms with Crippen LogP contribution in [0.15, 0.2) is 18.2 Å². The second-order valence-electron chi connectivity index (χ2n) is 8.67. The molecular formula is C21H25NO3. The molecule has 2 unspecified atom stereocenters. The first-order valence-corrected chi connectivity index (χ1v) is 9.85. The number of carbonyl (C=O) groups excluding carboxylic acids is 1. The quantitative estimate of drug-likeness (QED) is 0.778. The standard InChI is InChI=1S/C21H25NO3/c1-24-15-7-6-14-11-17-21-18(25-21)3-2-8-20(21,16(14)12-15)9-10-22(17)19(23)13-4-5-13/h6-7,12-13,17-18H,2-5,8-11H2,1H3/t17-,18?,20+,21?/m1/s1. The normalized spacial score (nSPS) is 40.6. The van der Waals surface area contributed by atoms with E-state index in [4.69, 9.17) is 9.47 Å². The van der Waals surface area contributed by atoms with Crippen molar-refractivity contribution < 1.29 is 14.3 Å². The van der Waals surface area contributed by atoms with Gasteiger partial charge < -0.3 is 14.4 Å². The van der Waals surface area contributed by atoms with Crippen molar-refractivity contribution in [3.63, 3.8) is 0 Å². The zero-order valence-electron chi connectivity index (χ0n) is 14.8. The van der Waals surface area contributed by atoms with Crippen LogP contribution in [-0.4, -0.2) is 42.2 Å². The number of rotatable bonds is 2. The number of fused-ring (bicyclic) bond motifs is 1. The van der Waals surface area contributed by atoms with Gasteiger partial charge >= 0.3 is 0 Å². The fraction of sp³-hybridized carbons (Fsp3) is 0.667. The predicted octanol–water partition coefficient (Wildman–Crippen LogP) is 2.82. The van der Waals surface area contributed by atoms with Crippen LogP contribution in [0.25, 0.3) is 0 Å². The smallest absolute Gasteiger partial charge is 0.226 e. The van der Waals surface area contributed by atoms with Crippen LogP contribution in [0, 0.1) is 5.92 Å². The van der Waals surface area contributed by atoms with E-state index in [1.165, 1.54) is 24.0 Å². The van der Waals surface area contributed by atoms with Crippen molar-refractivity contribution in [2.45, 2.75) is 68.1 Å². The van der Waals surface area contributed by atoms with Gasteiger partial charge in [0.1, 0.15) is 11.4 Å². The van der Waals surface area contributed by atoms with Gasteiger partial charge in [0.2, 0.25) is 5.91 Å². The summed E-state index contributed by atoms with van der Waals surface area (Å²) in [6.45, 7) is 0.897. The summed E-state index contributed by atoms with van der Waals surface area (Å²) < 4.78 is 12.0. The van der Waals surface area contributed by atoms with E-state index >= 15 is 0 Å². The van der Waals surface area contributed by atoms with Crippen molar-refractivity contribution in [3.05, 3.63) is 29.3 Å². The number of nitrogens with zero attached hydrogens (tertiary/aromatic N) is 1. The van der Waals surface area contributed by atoms with E-state index < -0.39 is 0 Å². The van der Waals surface area contributed by atoms with Crippen LogP contribution in [-0.2, 0) is 21.4 Å². The summed E-state index contributed by atoms with van der Waals surface area (Å²) in [6, 6.07) is 6.80. The van der Waals surface area contributed by atoms with Crippen LogP contribution in [0.4, 0.5) is 0 Å². The van der Waals surface area contributed by atoms with Gasteiger partial charge in [-0.25, -0.2) is 0 Å². The molecule has 2 bridgehead atoms. The molecule has 3 aliphatic carbocycles. The highest BCUT2D eigenvalue weighted by molar-refractivity contribution is 5.82. The molecule has 1 amide bonds. The summed E-state index contributed by atoms with van der Waals surface area (Å²) >= 11 is 0. The van der Waals surface area contributed by atoms with Gasteiger partial charge in [-0.3, -0.25) is 4.79 Å². The Morgan fingerprint density at radius 2 is 2.16 bits per heavy atom. The summed E-state index contributed by atoms with van der Waals surface area (Å²) in [5, 5.41) is 0. The van der Waals surface area contributed by atoms with E-state index in [9.17, 15) is 4.79 Å². The molecule has 0 aromatic heterocycles. The molecule has 6 rings (SSSR count).